The molecule has 0 spiro atoms. The maximum Gasteiger partial charge on any atom is 0.223 e. The average molecular weight is 295 g/mol. The lowest BCUT2D eigenvalue weighted by atomic mass is 10.1. The van der Waals surface area contributed by atoms with Gasteiger partial charge >= 0.3 is 0 Å². The van der Waals surface area contributed by atoms with E-state index in [0.717, 1.165) is 19.6 Å². The SMILES string of the molecule is CN1CCN(CCOc2ccc(F)cc2)C[C@H](C(N)=O)C1. The molecule has 1 aliphatic heterocycles. The smallest absolute Gasteiger partial charge is 0.223 e. The van der Waals surface area contributed by atoms with Gasteiger partial charge in [0.05, 0.1) is 5.92 Å². The maximum absolute atomic E-state index is 12.8. The highest BCUT2D eigenvalue weighted by molar-refractivity contribution is 5.77. The van der Waals surface area contributed by atoms with Gasteiger partial charge in [-0.25, -0.2) is 4.39 Å². The standard InChI is InChI=1S/C15H22FN3O2/c1-18-6-7-19(11-12(10-18)15(17)20)8-9-21-14-4-2-13(16)3-5-14/h2-5,12H,6-11H2,1H3,(H2,17,20)/t12-/m1/s1. The highest BCUT2D eigenvalue weighted by Crippen LogP contribution is 2.12. The summed E-state index contributed by atoms with van der Waals surface area (Å²) in [6.07, 6.45) is 0. The van der Waals surface area contributed by atoms with Gasteiger partial charge in [0.2, 0.25) is 5.91 Å². The third-order valence-corrected chi connectivity index (χ3v) is 3.70. The predicted octanol–water partition coefficient (Wildman–Crippen LogP) is 0.553. The molecular formula is C15H22FN3O2. The van der Waals surface area contributed by atoms with Gasteiger partial charge in [0, 0.05) is 32.7 Å². The number of primary amides is 1. The average Bonchev–Trinajstić information content (AvgIpc) is 2.63. The predicted molar refractivity (Wildman–Crippen MR) is 78.5 cm³/mol. The molecule has 1 amide bonds. The molecule has 1 atom stereocenters. The molecule has 1 aromatic rings. The van der Waals surface area contributed by atoms with E-state index in [1.54, 1.807) is 12.1 Å². The summed E-state index contributed by atoms with van der Waals surface area (Å²) in [5.41, 5.74) is 5.44. The molecular weight excluding hydrogens is 273 g/mol. The van der Waals surface area contributed by atoms with Crippen LogP contribution >= 0.6 is 0 Å². The normalized spacial score (nSPS) is 21.0. The van der Waals surface area contributed by atoms with Crippen molar-refractivity contribution in [3.05, 3.63) is 30.1 Å². The van der Waals surface area contributed by atoms with Gasteiger partial charge in [0.25, 0.3) is 0 Å². The molecule has 1 heterocycles. The topological polar surface area (TPSA) is 58.8 Å². The van der Waals surface area contributed by atoms with E-state index in [2.05, 4.69) is 9.80 Å². The lowest BCUT2D eigenvalue weighted by Gasteiger charge is -2.22. The van der Waals surface area contributed by atoms with Crippen LogP contribution in [0.4, 0.5) is 4.39 Å². The van der Waals surface area contributed by atoms with Crippen molar-refractivity contribution in [2.75, 3.05) is 46.4 Å². The highest BCUT2D eigenvalue weighted by Gasteiger charge is 2.24. The number of hydrogen-bond acceptors (Lipinski definition) is 4. The van der Waals surface area contributed by atoms with Gasteiger partial charge in [-0.05, 0) is 31.3 Å². The minimum absolute atomic E-state index is 0.150. The van der Waals surface area contributed by atoms with E-state index in [-0.39, 0.29) is 17.6 Å². The Labute approximate surface area is 124 Å². The summed E-state index contributed by atoms with van der Waals surface area (Å²) in [6.45, 7) is 4.36. The molecule has 5 nitrogen and oxygen atoms in total. The Morgan fingerprint density at radius 3 is 2.71 bits per heavy atom. The Bertz CT molecular complexity index is 466. The van der Waals surface area contributed by atoms with Crippen LogP contribution in [0.5, 0.6) is 5.75 Å². The second kappa shape index (κ2) is 7.38. The van der Waals surface area contributed by atoms with Gasteiger partial charge in [-0.3, -0.25) is 9.69 Å². The van der Waals surface area contributed by atoms with Crippen molar-refractivity contribution in [1.82, 2.24) is 9.80 Å². The van der Waals surface area contributed by atoms with Crippen LogP contribution in [0.3, 0.4) is 0 Å². The van der Waals surface area contributed by atoms with Gasteiger partial charge < -0.3 is 15.4 Å². The largest absolute Gasteiger partial charge is 0.492 e. The molecule has 1 fully saturated rings. The van der Waals surface area contributed by atoms with Crippen LogP contribution in [-0.4, -0.2) is 62.1 Å². The number of carbonyl (C=O) groups is 1. The van der Waals surface area contributed by atoms with Crippen molar-refractivity contribution >= 4 is 5.91 Å². The summed E-state index contributed by atoms with van der Waals surface area (Å²) in [5.74, 6) is -0.0338. The number of amides is 1. The Kier molecular flexibility index (Phi) is 5.52. The molecule has 0 unspecified atom stereocenters. The zero-order valence-corrected chi connectivity index (χ0v) is 12.3. The molecule has 0 bridgehead atoms. The Hall–Kier alpha value is -1.66. The van der Waals surface area contributed by atoms with E-state index in [4.69, 9.17) is 10.5 Å². The summed E-state index contributed by atoms with van der Waals surface area (Å²) in [6, 6.07) is 5.97. The van der Waals surface area contributed by atoms with Crippen LogP contribution < -0.4 is 10.5 Å². The molecule has 1 saturated heterocycles. The first-order valence-corrected chi connectivity index (χ1v) is 7.13. The molecule has 0 saturated carbocycles. The summed E-state index contributed by atoms with van der Waals surface area (Å²) < 4.78 is 18.4. The van der Waals surface area contributed by atoms with Gasteiger partial charge in [-0.1, -0.05) is 0 Å². The fourth-order valence-electron chi connectivity index (χ4n) is 2.45. The van der Waals surface area contributed by atoms with Crippen LogP contribution in [0.25, 0.3) is 0 Å². The van der Waals surface area contributed by atoms with Crippen molar-refractivity contribution in [3.63, 3.8) is 0 Å². The molecule has 2 N–H and O–H groups in total. The Morgan fingerprint density at radius 2 is 2.05 bits per heavy atom. The number of ether oxygens (including phenoxy) is 1. The summed E-state index contributed by atoms with van der Waals surface area (Å²) in [7, 11) is 1.99. The molecule has 21 heavy (non-hydrogen) atoms. The monoisotopic (exact) mass is 295 g/mol. The van der Waals surface area contributed by atoms with Gasteiger partial charge in [-0.15, -0.1) is 0 Å². The van der Waals surface area contributed by atoms with Crippen LogP contribution in [0.1, 0.15) is 0 Å². The first-order valence-electron chi connectivity index (χ1n) is 7.13. The quantitative estimate of drug-likeness (QED) is 0.862. The van der Waals surface area contributed by atoms with Crippen molar-refractivity contribution in [3.8, 4) is 5.75 Å². The number of nitrogens with two attached hydrogens (primary N) is 1. The van der Waals surface area contributed by atoms with Gasteiger partial charge in [-0.2, -0.15) is 0 Å². The third kappa shape index (κ3) is 4.99. The lowest BCUT2D eigenvalue weighted by Crippen LogP contribution is -2.39. The first-order chi connectivity index (χ1) is 10.0. The second-order valence-corrected chi connectivity index (χ2v) is 5.46. The number of likely N-dealkylation sites (N-methyl/N-ethyl adjacent to an activating group) is 1. The van der Waals surface area contributed by atoms with Crippen molar-refractivity contribution in [2.24, 2.45) is 11.7 Å². The van der Waals surface area contributed by atoms with E-state index < -0.39 is 0 Å². The summed E-state index contributed by atoms with van der Waals surface area (Å²) in [4.78, 5) is 15.7. The number of halogens is 1. The molecule has 6 heteroatoms. The van der Waals surface area contributed by atoms with Gasteiger partial charge in [0.15, 0.2) is 0 Å². The summed E-state index contributed by atoms with van der Waals surface area (Å²) >= 11 is 0. The van der Waals surface area contributed by atoms with E-state index >= 15 is 0 Å². The minimum atomic E-state index is -0.276. The second-order valence-electron chi connectivity index (χ2n) is 5.46. The Morgan fingerprint density at radius 1 is 1.33 bits per heavy atom. The fourth-order valence-corrected chi connectivity index (χ4v) is 2.45. The van der Waals surface area contributed by atoms with Crippen LogP contribution in [0.15, 0.2) is 24.3 Å². The molecule has 1 aromatic carbocycles. The van der Waals surface area contributed by atoms with Gasteiger partial charge in [0.1, 0.15) is 18.2 Å². The van der Waals surface area contributed by atoms with Crippen LogP contribution in [-0.2, 0) is 4.79 Å². The number of benzene rings is 1. The lowest BCUT2D eigenvalue weighted by molar-refractivity contribution is -0.122. The molecule has 0 aromatic heterocycles. The molecule has 1 aliphatic rings. The number of rotatable bonds is 5. The number of hydrogen-bond donors (Lipinski definition) is 1. The molecule has 0 radical (unpaired) electrons. The molecule has 116 valence electrons. The highest BCUT2D eigenvalue weighted by atomic mass is 19.1. The molecule has 2 rings (SSSR count). The van der Waals surface area contributed by atoms with Crippen LogP contribution in [0.2, 0.25) is 0 Å². The van der Waals surface area contributed by atoms with E-state index in [9.17, 15) is 9.18 Å². The zero-order chi connectivity index (χ0) is 15.2. The zero-order valence-electron chi connectivity index (χ0n) is 12.3. The van der Waals surface area contributed by atoms with E-state index in [1.165, 1.54) is 12.1 Å². The fraction of sp³-hybridized carbons (Fsp3) is 0.533. The number of carbonyl (C=O) groups excluding carboxylic acids is 1. The van der Waals surface area contributed by atoms with Crippen molar-refractivity contribution in [1.29, 1.82) is 0 Å². The Balaban J connectivity index is 1.81. The first kappa shape index (κ1) is 15.7. The minimum Gasteiger partial charge on any atom is -0.492 e. The molecule has 0 aliphatic carbocycles. The number of nitrogens with zero attached hydrogens (tertiary/aromatic N) is 2. The van der Waals surface area contributed by atoms with Crippen molar-refractivity contribution < 1.29 is 13.9 Å². The van der Waals surface area contributed by atoms with Crippen molar-refractivity contribution in [2.45, 2.75) is 0 Å². The van der Waals surface area contributed by atoms with Crippen LogP contribution in [0, 0.1) is 11.7 Å². The maximum atomic E-state index is 12.8. The van der Waals surface area contributed by atoms with E-state index in [1.807, 2.05) is 7.05 Å². The third-order valence-electron chi connectivity index (χ3n) is 3.70. The van der Waals surface area contributed by atoms with E-state index in [0.29, 0.717) is 25.4 Å². The summed E-state index contributed by atoms with van der Waals surface area (Å²) in [5, 5.41) is 0.